The van der Waals surface area contributed by atoms with E-state index in [4.69, 9.17) is 4.74 Å². The van der Waals surface area contributed by atoms with Gasteiger partial charge in [-0.05, 0) is 38.8 Å². The van der Waals surface area contributed by atoms with Gasteiger partial charge in [0.05, 0.1) is 11.5 Å². The van der Waals surface area contributed by atoms with Crippen LogP contribution in [0.3, 0.4) is 0 Å². The molecule has 1 amide bonds. The van der Waals surface area contributed by atoms with Crippen LogP contribution in [0, 0.1) is 20.8 Å². The largest absolute Gasteiger partial charge is 0.383 e. The Labute approximate surface area is 138 Å². The third kappa shape index (κ3) is 5.93. The van der Waals surface area contributed by atoms with E-state index >= 15 is 0 Å². The molecule has 0 radical (unpaired) electrons. The zero-order valence-corrected chi connectivity index (χ0v) is 15.2. The average Bonchev–Trinajstić information content (AvgIpc) is 2.36. The van der Waals surface area contributed by atoms with E-state index in [9.17, 15) is 13.2 Å². The number of benzene rings is 1. The van der Waals surface area contributed by atoms with Gasteiger partial charge in [-0.15, -0.1) is 0 Å². The Morgan fingerprint density at radius 2 is 1.78 bits per heavy atom. The molecule has 23 heavy (non-hydrogen) atoms. The van der Waals surface area contributed by atoms with Crippen LogP contribution in [0.1, 0.15) is 30.0 Å². The van der Waals surface area contributed by atoms with Crippen molar-refractivity contribution in [1.29, 1.82) is 0 Å². The van der Waals surface area contributed by atoms with Gasteiger partial charge in [-0.1, -0.05) is 17.7 Å². The normalized spacial score (nSPS) is 12.9. The average molecular weight is 342 g/mol. The number of hydrogen-bond acceptors (Lipinski definition) is 4. The van der Waals surface area contributed by atoms with Crippen molar-refractivity contribution in [2.75, 3.05) is 20.3 Å². The Hall–Kier alpha value is -1.44. The Morgan fingerprint density at radius 3 is 2.30 bits per heavy atom. The van der Waals surface area contributed by atoms with Crippen LogP contribution in [-0.4, -0.2) is 40.6 Å². The van der Waals surface area contributed by atoms with Crippen molar-refractivity contribution in [3.63, 3.8) is 0 Å². The van der Waals surface area contributed by atoms with Crippen LogP contribution in [0.5, 0.6) is 0 Å². The van der Waals surface area contributed by atoms with E-state index < -0.39 is 10.0 Å². The summed E-state index contributed by atoms with van der Waals surface area (Å²) in [5.41, 5.74) is 2.42. The van der Waals surface area contributed by atoms with Crippen molar-refractivity contribution in [3.05, 3.63) is 28.8 Å². The van der Waals surface area contributed by atoms with Gasteiger partial charge in [-0.25, -0.2) is 13.1 Å². The van der Waals surface area contributed by atoms with E-state index in [0.717, 1.165) is 5.56 Å². The van der Waals surface area contributed by atoms with E-state index in [1.54, 1.807) is 21.0 Å². The van der Waals surface area contributed by atoms with Crippen molar-refractivity contribution >= 4 is 15.9 Å². The fourth-order valence-electron chi connectivity index (χ4n) is 2.60. The molecule has 0 aliphatic rings. The van der Waals surface area contributed by atoms with Gasteiger partial charge < -0.3 is 10.1 Å². The SMILES string of the molecule is COCC(C)NC(=O)CCNS(=O)(=O)c1c(C)cc(C)cc1C. The third-order valence-corrected chi connectivity index (χ3v) is 5.11. The maximum absolute atomic E-state index is 12.4. The molecule has 0 saturated carbocycles. The Bertz CT molecular complexity index is 633. The van der Waals surface area contributed by atoms with Gasteiger partial charge >= 0.3 is 0 Å². The Kier molecular flexibility index (Phi) is 7.18. The van der Waals surface area contributed by atoms with Crippen LogP contribution in [0.25, 0.3) is 0 Å². The summed E-state index contributed by atoms with van der Waals surface area (Å²) in [6.45, 7) is 7.77. The molecule has 0 spiro atoms. The Balaban J connectivity index is 2.66. The van der Waals surface area contributed by atoms with Gasteiger partial charge in [0.1, 0.15) is 0 Å². The summed E-state index contributed by atoms with van der Waals surface area (Å²) in [7, 11) is -2.07. The van der Waals surface area contributed by atoms with Crippen molar-refractivity contribution in [2.24, 2.45) is 0 Å². The lowest BCUT2D eigenvalue weighted by molar-refractivity contribution is -0.121. The smallest absolute Gasteiger partial charge is 0.241 e. The molecule has 6 nitrogen and oxygen atoms in total. The molecule has 0 aromatic heterocycles. The van der Waals surface area contributed by atoms with Crippen molar-refractivity contribution < 1.29 is 17.9 Å². The van der Waals surface area contributed by atoms with Gasteiger partial charge in [0.15, 0.2) is 0 Å². The van der Waals surface area contributed by atoms with Crippen molar-refractivity contribution in [2.45, 2.75) is 45.1 Å². The van der Waals surface area contributed by atoms with E-state index in [1.165, 1.54) is 0 Å². The van der Waals surface area contributed by atoms with E-state index in [2.05, 4.69) is 10.0 Å². The molecule has 0 bridgehead atoms. The molecular weight excluding hydrogens is 316 g/mol. The summed E-state index contributed by atoms with van der Waals surface area (Å²) in [5.74, 6) is -0.213. The van der Waals surface area contributed by atoms with Crippen LogP contribution in [-0.2, 0) is 19.6 Å². The molecule has 0 heterocycles. The van der Waals surface area contributed by atoms with E-state index in [1.807, 2.05) is 26.0 Å². The van der Waals surface area contributed by atoms with E-state index in [0.29, 0.717) is 17.7 Å². The summed E-state index contributed by atoms with van der Waals surface area (Å²) in [6.07, 6.45) is 0.0806. The predicted molar refractivity (Wildman–Crippen MR) is 89.9 cm³/mol. The summed E-state index contributed by atoms with van der Waals surface area (Å²) in [4.78, 5) is 12.0. The minimum atomic E-state index is -3.63. The molecule has 2 N–H and O–H groups in total. The minimum Gasteiger partial charge on any atom is -0.383 e. The number of nitrogens with one attached hydrogen (secondary N) is 2. The second-order valence-corrected chi connectivity index (χ2v) is 7.50. The Morgan fingerprint density at radius 1 is 1.22 bits per heavy atom. The molecule has 1 atom stereocenters. The number of aryl methyl sites for hydroxylation is 3. The quantitative estimate of drug-likeness (QED) is 0.748. The fourth-order valence-corrected chi connectivity index (χ4v) is 4.08. The summed E-state index contributed by atoms with van der Waals surface area (Å²) < 4.78 is 32.3. The molecule has 0 saturated heterocycles. The maximum Gasteiger partial charge on any atom is 0.241 e. The minimum absolute atomic E-state index is 0.0562. The first kappa shape index (κ1) is 19.6. The van der Waals surface area contributed by atoms with Crippen LogP contribution >= 0.6 is 0 Å². The predicted octanol–water partition coefficient (Wildman–Crippen LogP) is 1.43. The number of hydrogen-bond donors (Lipinski definition) is 2. The topological polar surface area (TPSA) is 84.5 Å². The second-order valence-electron chi connectivity index (χ2n) is 5.80. The molecule has 0 fully saturated rings. The molecule has 1 unspecified atom stereocenters. The van der Waals surface area contributed by atoms with Crippen LogP contribution in [0.4, 0.5) is 0 Å². The molecule has 1 aromatic rings. The molecular formula is C16H26N2O4S. The van der Waals surface area contributed by atoms with Gasteiger partial charge in [0.25, 0.3) is 0 Å². The van der Waals surface area contributed by atoms with Gasteiger partial charge in [0, 0.05) is 26.1 Å². The lowest BCUT2D eigenvalue weighted by atomic mass is 10.1. The van der Waals surface area contributed by atoms with Crippen LogP contribution in [0.2, 0.25) is 0 Å². The van der Waals surface area contributed by atoms with Gasteiger partial charge in [0.2, 0.25) is 15.9 Å². The standard InChI is InChI=1S/C16H26N2O4S/c1-11-8-12(2)16(13(3)9-11)23(20,21)17-7-6-15(19)18-14(4)10-22-5/h8-9,14,17H,6-7,10H2,1-5H3,(H,18,19). The number of carbonyl (C=O) groups excluding carboxylic acids is 1. The number of ether oxygens (including phenoxy) is 1. The molecule has 130 valence electrons. The maximum atomic E-state index is 12.4. The number of carbonyl (C=O) groups is 1. The highest BCUT2D eigenvalue weighted by molar-refractivity contribution is 7.89. The van der Waals surface area contributed by atoms with Crippen LogP contribution in [0.15, 0.2) is 17.0 Å². The molecule has 1 aromatic carbocycles. The molecule has 1 rings (SSSR count). The molecule has 0 aliphatic carbocycles. The number of sulfonamides is 1. The highest BCUT2D eigenvalue weighted by Crippen LogP contribution is 2.21. The first-order valence-corrected chi connectivity index (χ1v) is 9.01. The first-order valence-electron chi connectivity index (χ1n) is 7.53. The molecule has 7 heteroatoms. The fraction of sp³-hybridized carbons (Fsp3) is 0.562. The molecule has 0 aliphatic heterocycles. The van der Waals surface area contributed by atoms with Gasteiger partial charge in [-0.2, -0.15) is 0 Å². The zero-order valence-electron chi connectivity index (χ0n) is 14.4. The van der Waals surface area contributed by atoms with Crippen molar-refractivity contribution in [1.82, 2.24) is 10.0 Å². The number of amides is 1. The van der Waals surface area contributed by atoms with Crippen LogP contribution < -0.4 is 10.0 Å². The first-order chi connectivity index (χ1) is 10.7. The monoisotopic (exact) mass is 342 g/mol. The number of methoxy groups -OCH3 is 1. The zero-order chi connectivity index (χ0) is 17.6. The lowest BCUT2D eigenvalue weighted by Gasteiger charge is -2.14. The summed E-state index contributed by atoms with van der Waals surface area (Å²) in [5, 5.41) is 2.74. The van der Waals surface area contributed by atoms with Gasteiger partial charge in [-0.3, -0.25) is 4.79 Å². The lowest BCUT2D eigenvalue weighted by Crippen LogP contribution is -2.37. The highest BCUT2D eigenvalue weighted by Gasteiger charge is 2.19. The number of rotatable bonds is 8. The second kappa shape index (κ2) is 8.42. The van der Waals surface area contributed by atoms with E-state index in [-0.39, 0.29) is 29.8 Å². The highest BCUT2D eigenvalue weighted by atomic mass is 32.2. The third-order valence-electron chi connectivity index (χ3n) is 3.34. The summed E-state index contributed by atoms with van der Waals surface area (Å²) >= 11 is 0. The van der Waals surface area contributed by atoms with Crippen molar-refractivity contribution in [3.8, 4) is 0 Å². The summed E-state index contributed by atoms with van der Waals surface area (Å²) in [6, 6.07) is 3.56.